The van der Waals surface area contributed by atoms with Crippen molar-refractivity contribution in [1.82, 2.24) is 0 Å². The molecular weight excluding hydrogens is 120 g/mol. The van der Waals surface area contributed by atoms with Crippen molar-refractivity contribution in [1.29, 1.82) is 0 Å². The van der Waals surface area contributed by atoms with Crippen LogP contribution in [0.2, 0.25) is 0 Å². The van der Waals surface area contributed by atoms with Crippen LogP contribution < -0.4 is 0 Å². The van der Waals surface area contributed by atoms with Crippen LogP contribution in [0.15, 0.2) is 23.3 Å². The van der Waals surface area contributed by atoms with Gasteiger partial charge in [-0.25, -0.2) is 0 Å². The first-order chi connectivity index (χ1) is 4.72. The number of hydrogen-bond donors (Lipinski definition) is 0. The molecule has 2 unspecified atom stereocenters. The van der Waals surface area contributed by atoms with Crippen molar-refractivity contribution in [2.75, 3.05) is 0 Å². The van der Waals surface area contributed by atoms with Gasteiger partial charge in [0.15, 0.2) is 0 Å². The second-order valence-electron chi connectivity index (χ2n) is 3.07. The van der Waals surface area contributed by atoms with Gasteiger partial charge >= 0.3 is 0 Å². The Balaban J connectivity index is 2.81. The van der Waals surface area contributed by atoms with Gasteiger partial charge in [-0.3, -0.25) is 0 Å². The third-order valence-corrected chi connectivity index (χ3v) is 2.69. The van der Waals surface area contributed by atoms with Crippen LogP contribution in [0, 0.1) is 11.8 Å². The van der Waals surface area contributed by atoms with Crippen molar-refractivity contribution in [3.05, 3.63) is 23.3 Å². The van der Waals surface area contributed by atoms with E-state index in [1.54, 1.807) is 11.1 Å². The molecule has 56 valence electrons. The molecule has 0 saturated heterocycles. The SMILES string of the molecule is CC=C1C(=CC)C(C)C1C. The van der Waals surface area contributed by atoms with Gasteiger partial charge in [-0.2, -0.15) is 0 Å². The van der Waals surface area contributed by atoms with E-state index in [2.05, 4.69) is 39.8 Å². The van der Waals surface area contributed by atoms with Crippen molar-refractivity contribution in [2.24, 2.45) is 11.8 Å². The Hall–Kier alpha value is -0.520. The molecule has 0 aromatic carbocycles. The van der Waals surface area contributed by atoms with Gasteiger partial charge in [-0.1, -0.05) is 26.0 Å². The minimum absolute atomic E-state index is 0.788. The zero-order chi connectivity index (χ0) is 7.72. The second-order valence-corrected chi connectivity index (χ2v) is 3.07. The molecule has 10 heavy (non-hydrogen) atoms. The predicted molar refractivity (Wildman–Crippen MR) is 45.8 cm³/mol. The van der Waals surface area contributed by atoms with Crippen LogP contribution in [0.3, 0.4) is 0 Å². The van der Waals surface area contributed by atoms with Crippen LogP contribution in [0.1, 0.15) is 27.7 Å². The summed E-state index contributed by atoms with van der Waals surface area (Å²) in [4.78, 5) is 0. The van der Waals surface area contributed by atoms with Crippen molar-refractivity contribution < 1.29 is 0 Å². The minimum atomic E-state index is 0.788. The zero-order valence-corrected chi connectivity index (χ0v) is 7.31. The average Bonchev–Trinajstić information content (AvgIpc) is 1.97. The van der Waals surface area contributed by atoms with Gasteiger partial charge in [0.2, 0.25) is 0 Å². The van der Waals surface area contributed by atoms with Crippen LogP contribution in [0.5, 0.6) is 0 Å². The van der Waals surface area contributed by atoms with E-state index in [1.807, 2.05) is 0 Å². The van der Waals surface area contributed by atoms with Gasteiger partial charge in [0.1, 0.15) is 0 Å². The molecule has 0 heteroatoms. The van der Waals surface area contributed by atoms with Crippen molar-refractivity contribution in [3.8, 4) is 0 Å². The fourth-order valence-electron chi connectivity index (χ4n) is 1.83. The van der Waals surface area contributed by atoms with E-state index in [-0.39, 0.29) is 0 Å². The van der Waals surface area contributed by atoms with E-state index in [0.29, 0.717) is 0 Å². The maximum atomic E-state index is 2.30. The molecule has 0 radical (unpaired) electrons. The topological polar surface area (TPSA) is 0 Å². The Kier molecular flexibility index (Phi) is 1.98. The standard InChI is InChI=1S/C10H16/c1-5-9-7(3)8(4)10(9)6-2/h5-8H,1-4H3. The molecule has 0 amide bonds. The molecular formula is C10H16. The summed E-state index contributed by atoms with van der Waals surface area (Å²) in [7, 11) is 0. The van der Waals surface area contributed by atoms with Crippen molar-refractivity contribution in [3.63, 3.8) is 0 Å². The Morgan fingerprint density at radius 2 is 1.20 bits per heavy atom. The first kappa shape index (κ1) is 7.59. The van der Waals surface area contributed by atoms with E-state index in [9.17, 15) is 0 Å². The third kappa shape index (κ3) is 0.828. The number of rotatable bonds is 0. The maximum absolute atomic E-state index is 2.30. The summed E-state index contributed by atoms with van der Waals surface area (Å²) < 4.78 is 0. The summed E-state index contributed by atoms with van der Waals surface area (Å²) in [5.74, 6) is 1.58. The summed E-state index contributed by atoms with van der Waals surface area (Å²) in [6.07, 6.45) is 4.47. The molecule has 0 aliphatic heterocycles. The molecule has 0 N–H and O–H groups in total. The van der Waals surface area contributed by atoms with Gasteiger partial charge in [0, 0.05) is 0 Å². The summed E-state index contributed by atoms with van der Waals surface area (Å²) in [6, 6.07) is 0. The molecule has 1 aliphatic rings. The lowest BCUT2D eigenvalue weighted by molar-refractivity contribution is 0.426. The van der Waals surface area contributed by atoms with Crippen molar-refractivity contribution >= 4 is 0 Å². The summed E-state index contributed by atoms with van der Waals surface area (Å²) >= 11 is 0. The normalized spacial score (nSPS) is 40.4. The lowest BCUT2D eigenvalue weighted by atomic mass is 9.67. The fraction of sp³-hybridized carbons (Fsp3) is 0.600. The Bertz CT molecular complexity index is 162. The largest absolute Gasteiger partial charge is 0.0839 e. The minimum Gasteiger partial charge on any atom is -0.0839 e. The highest BCUT2D eigenvalue weighted by Crippen LogP contribution is 2.44. The molecule has 0 aromatic heterocycles. The van der Waals surface area contributed by atoms with E-state index >= 15 is 0 Å². The van der Waals surface area contributed by atoms with Crippen LogP contribution in [-0.4, -0.2) is 0 Å². The Morgan fingerprint density at radius 3 is 1.40 bits per heavy atom. The van der Waals surface area contributed by atoms with Crippen LogP contribution >= 0.6 is 0 Å². The highest BCUT2D eigenvalue weighted by molar-refractivity contribution is 5.44. The molecule has 1 rings (SSSR count). The lowest BCUT2D eigenvalue weighted by Crippen LogP contribution is -2.27. The fourth-order valence-corrected chi connectivity index (χ4v) is 1.83. The molecule has 1 aliphatic carbocycles. The average molecular weight is 136 g/mol. The van der Waals surface area contributed by atoms with E-state index < -0.39 is 0 Å². The van der Waals surface area contributed by atoms with Crippen LogP contribution in [-0.2, 0) is 0 Å². The quantitative estimate of drug-likeness (QED) is 0.480. The first-order valence-electron chi connectivity index (χ1n) is 4.05. The molecule has 0 spiro atoms. The molecule has 0 aromatic rings. The van der Waals surface area contributed by atoms with Gasteiger partial charge in [0.25, 0.3) is 0 Å². The molecule has 0 bridgehead atoms. The van der Waals surface area contributed by atoms with Crippen molar-refractivity contribution in [2.45, 2.75) is 27.7 Å². The zero-order valence-electron chi connectivity index (χ0n) is 7.31. The highest BCUT2D eigenvalue weighted by atomic mass is 14.4. The van der Waals surface area contributed by atoms with Gasteiger partial charge in [-0.15, -0.1) is 0 Å². The van der Waals surface area contributed by atoms with Gasteiger partial charge < -0.3 is 0 Å². The molecule has 0 heterocycles. The summed E-state index contributed by atoms with van der Waals surface area (Å²) in [5.41, 5.74) is 3.10. The molecule has 1 fully saturated rings. The number of allylic oxidation sites excluding steroid dienone is 4. The Morgan fingerprint density at radius 1 is 0.900 bits per heavy atom. The first-order valence-corrected chi connectivity index (χ1v) is 4.05. The maximum Gasteiger partial charge on any atom is -0.0125 e. The van der Waals surface area contributed by atoms with E-state index in [0.717, 1.165) is 11.8 Å². The lowest BCUT2D eigenvalue weighted by Gasteiger charge is -2.38. The monoisotopic (exact) mass is 136 g/mol. The number of hydrogen-bond acceptors (Lipinski definition) is 0. The van der Waals surface area contributed by atoms with E-state index in [4.69, 9.17) is 0 Å². The second kappa shape index (κ2) is 2.61. The summed E-state index contributed by atoms with van der Waals surface area (Å²) in [6.45, 7) is 8.85. The molecule has 2 atom stereocenters. The van der Waals surface area contributed by atoms with Gasteiger partial charge in [0.05, 0.1) is 0 Å². The van der Waals surface area contributed by atoms with Gasteiger partial charge in [-0.05, 0) is 36.8 Å². The molecule has 1 saturated carbocycles. The summed E-state index contributed by atoms with van der Waals surface area (Å²) in [5, 5.41) is 0. The smallest absolute Gasteiger partial charge is 0.0125 e. The predicted octanol–water partition coefficient (Wildman–Crippen LogP) is 3.16. The van der Waals surface area contributed by atoms with Crippen LogP contribution in [0.4, 0.5) is 0 Å². The van der Waals surface area contributed by atoms with E-state index in [1.165, 1.54) is 0 Å². The molecule has 0 nitrogen and oxygen atoms in total. The Labute approximate surface area is 63.6 Å². The van der Waals surface area contributed by atoms with Crippen LogP contribution in [0.25, 0.3) is 0 Å². The third-order valence-electron chi connectivity index (χ3n) is 2.69. The highest BCUT2D eigenvalue weighted by Gasteiger charge is 2.32.